The van der Waals surface area contributed by atoms with E-state index in [4.69, 9.17) is 16.0 Å². The summed E-state index contributed by atoms with van der Waals surface area (Å²) in [6, 6.07) is 12.5. The summed E-state index contributed by atoms with van der Waals surface area (Å²) in [5.74, 6) is 1.84. The predicted octanol–water partition coefficient (Wildman–Crippen LogP) is 4.17. The van der Waals surface area contributed by atoms with Gasteiger partial charge in [-0.05, 0) is 50.2 Å². The van der Waals surface area contributed by atoms with Crippen molar-refractivity contribution in [1.82, 2.24) is 10.2 Å². The smallest absolute Gasteiger partial charge is 0.134 e. The first-order valence-corrected chi connectivity index (χ1v) is 8.43. The van der Waals surface area contributed by atoms with Gasteiger partial charge in [-0.1, -0.05) is 30.7 Å². The highest BCUT2D eigenvalue weighted by Gasteiger charge is 2.22. The molecule has 4 heteroatoms. The number of hydrogen-bond donors (Lipinski definition) is 1. The van der Waals surface area contributed by atoms with Crippen molar-refractivity contribution in [2.24, 2.45) is 0 Å². The standard InChI is InChI=1S/C18H23ClN2O/c1-2-21-10-4-7-16(21)12-20-13-17-8-9-18(22-17)14-5-3-6-15(19)11-14/h3,5-6,8-9,11,16,20H,2,4,7,10,12-13H2,1H3/t16-/m1/s1. The Morgan fingerprint density at radius 2 is 2.23 bits per heavy atom. The van der Waals surface area contributed by atoms with Crippen molar-refractivity contribution in [1.29, 1.82) is 0 Å². The molecule has 0 aliphatic carbocycles. The Kier molecular flexibility index (Phi) is 5.19. The molecule has 1 atom stereocenters. The Balaban J connectivity index is 1.54. The van der Waals surface area contributed by atoms with Gasteiger partial charge in [-0.2, -0.15) is 0 Å². The molecule has 0 amide bonds. The molecule has 2 heterocycles. The molecule has 1 N–H and O–H groups in total. The lowest BCUT2D eigenvalue weighted by Crippen LogP contribution is -2.37. The van der Waals surface area contributed by atoms with Crippen molar-refractivity contribution in [3.8, 4) is 11.3 Å². The van der Waals surface area contributed by atoms with Crippen LogP contribution in [-0.4, -0.2) is 30.6 Å². The molecule has 1 aromatic carbocycles. The van der Waals surface area contributed by atoms with Gasteiger partial charge in [0.1, 0.15) is 11.5 Å². The lowest BCUT2D eigenvalue weighted by molar-refractivity contribution is 0.258. The van der Waals surface area contributed by atoms with Crippen LogP contribution in [0.15, 0.2) is 40.8 Å². The van der Waals surface area contributed by atoms with Gasteiger partial charge in [0.25, 0.3) is 0 Å². The average Bonchev–Trinajstić information content (AvgIpc) is 3.16. The number of nitrogens with zero attached hydrogens (tertiary/aromatic N) is 1. The fraction of sp³-hybridized carbons (Fsp3) is 0.444. The van der Waals surface area contributed by atoms with Crippen molar-refractivity contribution >= 4 is 11.6 Å². The SMILES string of the molecule is CCN1CCC[C@@H]1CNCc1ccc(-c2cccc(Cl)c2)o1. The van der Waals surface area contributed by atoms with Crippen molar-refractivity contribution in [3.63, 3.8) is 0 Å². The van der Waals surface area contributed by atoms with Crippen LogP contribution in [0.3, 0.4) is 0 Å². The van der Waals surface area contributed by atoms with Gasteiger partial charge in [0.2, 0.25) is 0 Å². The van der Waals surface area contributed by atoms with E-state index in [-0.39, 0.29) is 0 Å². The van der Waals surface area contributed by atoms with Crippen LogP contribution in [0.25, 0.3) is 11.3 Å². The predicted molar refractivity (Wildman–Crippen MR) is 91.1 cm³/mol. The zero-order valence-electron chi connectivity index (χ0n) is 13.0. The molecule has 1 aliphatic heterocycles. The molecule has 0 bridgehead atoms. The first kappa shape index (κ1) is 15.6. The largest absolute Gasteiger partial charge is 0.460 e. The molecule has 3 rings (SSSR count). The fourth-order valence-electron chi connectivity index (χ4n) is 3.17. The van der Waals surface area contributed by atoms with Gasteiger partial charge in [0, 0.05) is 23.2 Å². The quantitative estimate of drug-likeness (QED) is 0.866. The molecule has 3 nitrogen and oxygen atoms in total. The second kappa shape index (κ2) is 7.32. The molecule has 1 aromatic heterocycles. The summed E-state index contributed by atoms with van der Waals surface area (Å²) in [5.41, 5.74) is 1.02. The molecule has 22 heavy (non-hydrogen) atoms. The summed E-state index contributed by atoms with van der Waals surface area (Å²) in [6.45, 7) is 6.42. The average molecular weight is 319 g/mol. The van der Waals surface area contributed by atoms with E-state index < -0.39 is 0 Å². The minimum atomic E-state index is 0.673. The molecule has 1 fully saturated rings. The van der Waals surface area contributed by atoms with Crippen LogP contribution in [-0.2, 0) is 6.54 Å². The van der Waals surface area contributed by atoms with Crippen LogP contribution in [0.4, 0.5) is 0 Å². The van der Waals surface area contributed by atoms with Crippen LogP contribution in [0.5, 0.6) is 0 Å². The first-order valence-electron chi connectivity index (χ1n) is 8.05. The number of furan rings is 1. The maximum absolute atomic E-state index is 6.03. The van der Waals surface area contributed by atoms with E-state index in [1.165, 1.54) is 19.4 Å². The van der Waals surface area contributed by atoms with Crippen LogP contribution in [0.2, 0.25) is 5.02 Å². The number of hydrogen-bond acceptors (Lipinski definition) is 3. The molecule has 118 valence electrons. The minimum Gasteiger partial charge on any atom is -0.460 e. The van der Waals surface area contributed by atoms with Crippen LogP contribution in [0.1, 0.15) is 25.5 Å². The Hall–Kier alpha value is -1.29. The number of halogens is 1. The van der Waals surface area contributed by atoms with Gasteiger partial charge in [-0.15, -0.1) is 0 Å². The number of nitrogens with one attached hydrogen (secondary N) is 1. The van der Waals surface area contributed by atoms with E-state index in [1.807, 2.05) is 36.4 Å². The molecule has 1 saturated heterocycles. The Bertz CT molecular complexity index is 611. The van der Waals surface area contributed by atoms with Crippen molar-refractivity contribution in [2.45, 2.75) is 32.4 Å². The third-order valence-corrected chi connectivity index (χ3v) is 4.59. The highest BCUT2D eigenvalue weighted by molar-refractivity contribution is 6.30. The van der Waals surface area contributed by atoms with E-state index in [0.717, 1.165) is 41.7 Å². The lowest BCUT2D eigenvalue weighted by atomic mass is 10.2. The van der Waals surface area contributed by atoms with Crippen molar-refractivity contribution in [3.05, 3.63) is 47.2 Å². The fourth-order valence-corrected chi connectivity index (χ4v) is 3.36. The van der Waals surface area contributed by atoms with Gasteiger partial charge < -0.3 is 9.73 Å². The third-order valence-electron chi connectivity index (χ3n) is 4.36. The summed E-state index contributed by atoms with van der Waals surface area (Å²) in [7, 11) is 0. The minimum absolute atomic E-state index is 0.673. The summed E-state index contributed by atoms with van der Waals surface area (Å²) < 4.78 is 5.91. The van der Waals surface area contributed by atoms with Gasteiger partial charge >= 0.3 is 0 Å². The molecule has 0 spiro atoms. The van der Waals surface area contributed by atoms with Crippen LogP contribution < -0.4 is 5.32 Å². The third kappa shape index (κ3) is 3.72. The van der Waals surface area contributed by atoms with Crippen LogP contribution >= 0.6 is 11.6 Å². The molecule has 0 radical (unpaired) electrons. The zero-order valence-corrected chi connectivity index (χ0v) is 13.8. The summed E-state index contributed by atoms with van der Waals surface area (Å²) in [5, 5.41) is 4.25. The molecule has 2 aromatic rings. The van der Waals surface area contributed by atoms with E-state index in [9.17, 15) is 0 Å². The monoisotopic (exact) mass is 318 g/mol. The van der Waals surface area contributed by atoms with Crippen LogP contribution in [0, 0.1) is 0 Å². The maximum atomic E-state index is 6.03. The lowest BCUT2D eigenvalue weighted by Gasteiger charge is -2.22. The molecular weight excluding hydrogens is 296 g/mol. The highest BCUT2D eigenvalue weighted by atomic mass is 35.5. The first-order chi connectivity index (χ1) is 10.8. The number of likely N-dealkylation sites (N-methyl/N-ethyl adjacent to an activating group) is 1. The second-order valence-electron chi connectivity index (χ2n) is 5.83. The highest BCUT2D eigenvalue weighted by Crippen LogP contribution is 2.24. The molecular formula is C18H23ClN2O. The van der Waals surface area contributed by atoms with E-state index in [1.54, 1.807) is 0 Å². The van der Waals surface area contributed by atoms with Crippen molar-refractivity contribution in [2.75, 3.05) is 19.6 Å². The summed E-state index contributed by atoms with van der Waals surface area (Å²) in [6.07, 6.45) is 2.62. The van der Waals surface area contributed by atoms with E-state index >= 15 is 0 Å². The van der Waals surface area contributed by atoms with Crippen molar-refractivity contribution < 1.29 is 4.42 Å². The van der Waals surface area contributed by atoms with E-state index in [0.29, 0.717) is 6.04 Å². The normalized spacial score (nSPS) is 18.9. The molecule has 0 unspecified atom stereocenters. The second-order valence-corrected chi connectivity index (χ2v) is 6.27. The molecule has 1 aliphatic rings. The zero-order chi connectivity index (χ0) is 15.4. The van der Waals surface area contributed by atoms with Gasteiger partial charge in [0.05, 0.1) is 6.54 Å². The number of rotatable bonds is 6. The molecule has 0 saturated carbocycles. The topological polar surface area (TPSA) is 28.4 Å². The Labute approximate surface area is 137 Å². The van der Waals surface area contributed by atoms with Gasteiger partial charge in [-0.3, -0.25) is 4.90 Å². The number of likely N-dealkylation sites (tertiary alicyclic amines) is 1. The number of benzene rings is 1. The summed E-state index contributed by atoms with van der Waals surface area (Å²) in [4.78, 5) is 2.55. The summed E-state index contributed by atoms with van der Waals surface area (Å²) >= 11 is 6.03. The maximum Gasteiger partial charge on any atom is 0.134 e. The Morgan fingerprint density at radius 1 is 1.32 bits per heavy atom. The Morgan fingerprint density at radius 3 is 3.05 bits per heavy atom. The van der Waals surface area contributed by atoms with Gasteiger partial charge in [-0.25, -0.2) is 0 Å². The van der Waals surface area contributed by atoms with Gasteiger partial charge in [0.15, 0.2) is 0 Å². The van der Waals surface area contributed by atoms with E-state index in [2.05, 4.69) is 17.1 Å².